The highest BCUT2D eigenvalue weighted by molar-refractivity contribution is 7.99. The largest absolute Gasteiger partial charge is 0.313 e. The minimum atomic E-state index is -0.0706. The van der Waals surface area contributed by atoms with Crippen LogP contribution < -0.4 is 10.9 Å². The Balaban J connectivity index is 2.08. The van der Waals surface area contributed by atoms with Crippen molar-refractivity contribution in [2.24, 2.45) is 11.8 Å². The Morgan fingerprint density at radius 1 is 1.50 bits per heavy atom. The number of rotatable bonds is 5. The molecule has 0 aromatic carbocycles. The summed E-state index contributed by atoms with van der Waals surface area (Å²) in [6.07, 6.45) is 5.29. The molecule has 1 aliphatic rings. The van der Waals surface area contributed by atoms with Crippen LogP contribution in [0.5, 0.6) is 0 Å². The molecule has 4 nitrogen and oxygen atoms in total. The lowest BCUT2D eigenvalue weighted by Crippen LogP contribution is -2.43. The Kier molecular flexibility index (Phi) is 5.66. The zero-order valence-corrected chi connectivity index (χ0v) is 13.4. The van der Waals surface area contributed by atoms with Crippen LogP contribution in [0.3, 0.4) is 0 Å². The number of H-pyrrole nitrogens is 1. The first-order valence-corrected chi connectivity index (χ1v) is 8.43. The highest BCUT2D eigenvalue weighted by atomic mass is 32.2. The third-order valence-corrected chi connectivity index (χ3v) is 5.41. The molecule has 1 heterocycles. The average molecular weight is 295 g/mol. The zero-order chi connectivity index (χ0) is 14.5. The van der Waals surface area contributed by atoms with E-state index in [-0.39, 0.29) is 5.56 Å². The molecule has 0 saturated heterocycles. The van der Waals surface area contributed by atoms with Crippen molar-refractivity contribution in [1.29, 1.82) is 0 Å². The highest BCUT2D eigenvalue weighted by Crippen LogP contribution is 2.37. The molecule has 1 aliphatic carbocycles. The maximum Gasteiger partial charge on any atom is 0.251 e. The quantitative estimate of drug-likeness (QED) is 0.820. The summed E-state index contributed by atoms with van der Waals surface area (Å²) in [6, 6.07) is 1.98. The van der Waals surface area contributed by atoms with Gasteiger partial charge in [-0.1, -0.05) is 32.5 Å². The number of nitrogens with zero attached hydrogens (tertiary/aromatic N) is 1. The highest BCUT2D eigenvalue weighted by Gasteiger charge is 2.32. The molecule has 1 aromatic rings. The zero-order valence-electron chi connectivity index (χ0n) is 12.6. The van der Waals surface area contributed by atoms with Gasteiger partial charge < -0.3 is 10.3 Å². The van der Waals surface area contributed by atoms with Crippen LogP contribution in [0, 0.1) is 11.8 Å². The van der Waals surface area contributed by atoms with Crippen molar-refractivity contribution < 1.29 is 0 Å². The monoisotopic (exact) mass is 295 g/mol. The molecule has 5 heteroatoms. The van der Waals surface area contributed by atoms with Crippen molar-refractivity contribution in [3.63, 3.8) is 0 Å². The van der Waals surface area contributed by atoms with Crippen molar-refractivity contribution in [1.82, 2.24) is 15.3 Å². The molecular formula is C15H25N3OS. The summed E-state index contributed by atoms with van der Waals surface area (Å²) in [4.78, 5) is 18.5. The first-order valence-electron chi connectivity index (χ1n) is 7.55. The summed E-state index contributed by atoms with van der Waals surface area (Å²) in [5, 5.41) is 4.82. The molecule has 1 aromatic heterocycles. The van der Waals surface area contributed by atoms with Crippen LogP contribution in [0.15, 0.2) is 22.2 Å². The number of aromatic nitrogens is 2. The van der Waals surface area contributed by atoms with E-state index in [4.69, 9.17) is 0 Å². The molecular weight excluding hydrogens is 270 g/mol. The summed E-state index contributed by atoms with van der Waals surface area (Å²) in [7, 11) is 0. The second-order valence-electron chi connectivity index (χ2n) is 5.88. The van der Waals surface area contributed by atoms with Gasteiger partial charge in [-0.3, -0.25) is 4.79 Å². The molecule has 2 N–H and O–H groups in total. The molecule has 0 radical (unpaired) electrons. The fraction of sp³-hybridized carbons (Fsp3) is 0.733. The SMILES string of the molecule is CCNC1CCC(C(C)C)CC1Sc1nccc(=O)[nH]1. The van der Waals surface area contributed by atoms with Gasteiger partial charge in [-0.15, -0.1) is 0 Å². The van der Waals surface area contributed by atoms with Gasteiger partial charge in [0.1, 0.15) is 0 Å². The predicted molar refractivity (Wildman–Crippen MR) is 84.1 cm³/mol. The molecule has 0 aliphatic heterocycles. The normalized spacial score (nSPS) is 26.9. The van der Waals surface area contributed by atoms with Crippen molar-refractivity contribution >= 4 is 11.8 Å². The molecule has 2 rings (SSSR count). The molecule has 3 atom stereocenters. The van der Waals surface area contributed by atoms with E-state index in [1.807, 2.05) is 0 Å². The van der Waals surface area contributed by atoms with Gasteiger partial charge in [-0.05, 0) is 37.6 Å². The Labute approximate surface area is 125 Å². The van der Waals surface area contributed by atoms with E-state index in [0.717, 1.165) is 23.5 Å². The van der Waals surface area contributed by atoms with Gasteiger partial charge >= 0.3 is 0 Å². The number of hydrogen-bond acceptors (Lipinski definition) is 4. The summed E-state index contributed by atoms with van der Waals surface area (Å²) in [5.74, 6) is 1.50. The van der Waals surface area contributed by atoms with Gasteiger partial charge in [0.2, 0.25) is 0 Å². The molecule has 0 bridgehead atoms. The lowest BCUT2D eigenvalue weighted by molar-refractivity contribution is 0.247. The third kappa shape index (κ3) is 4.09. The smallest absolute Gasteiger partial charge is 0.251 e. The molecule has 0 amide bonds. The number of nitrogens with one attached hydrogen (secondary N) is 2. The maximum absolute atomic E-state index is 11.4. The second-order valence-corrected chi connectivity index (χ2v) is 7.10. The van der Waals surface area contributed by atoms with Crippen LogP contribution in [0.2, 0.25) is 0 Å². The fourth-order valence-corrected chi connectivity index (χ4v) is 4.25. The lowest BCUT2D eigenvalue weighted by Gasteiger charge is -2.37. The van der Waals surface area contributed by atoms with Crippen LogP contribution in [0.1, 0.15) is 40.0 Å². The van der Waals surface area contributed by atoms with E-state index in [1.165, 1.54) is 25.3 Å². The van der Waals surface area contributed by atoms with Crippen molar-refractivity contribution in [2.45, 2.75) is 56.5 Å². The van der Waals surface area contributed by atoms with E-state index in [1.54, 1.807) is 18.0 Å². The fourth-order valence-electron chi connectivity index (χ4n) is 2.95. The Morgan fingerprint density at radius 3 is 2.95 bits per heavy atom. The van der Waals surface area contributed by atoms with Gasteiger partial charge in [0.05, 0.1) is 0 Å². The third-order valence-electron chi connectivity index (χ3n) is 4.15. The topological polar surface area (TPSA) is 57.8 Å². The van der Waals surface area contributed by atoms with E-state index >= 15 is 0 Å². The molecule has 3 unspecified atom stereocenters. The first-order chi connectivity index (χ1) is 9.60. The van der Waals surface area contributed by atoms with Gasteiger partial charge in [0.25, 0.3) is 5.56 Å². The Hall–Kier alpha value is -0.810. The molecule has 20 heavy (non-hydrogen) atoms. The van der Waals surface area contributed by atoms with Gasteiger partial charge in [0.15, 0.2) is 5.16 Å². The molecule has 1 saturated carbocycles. The van der Waals surface area contributed by atoms with Crippen LogP contribution in [-0.4, -0.2) is 27.8 Å². The van der Waals surface area contributed by atoms with Crippen molar-refractivity contribution in [2.75, 3.05) is 6.54 Å². The molecule has 112 valence electrons. The van der Waals surface area contributed by atoms with E-state index in [2.05, 4.69) is 36.1 Å². The van der Waals surface area contributed by atoms with E-state index in [0.29, 0.717) is 11.3 Å². The summed E-state index contributed by atoms with van der Waals surface area (Å²) in [6.45, 7) is 7.76. The standard InChI is InChI=1S/C15H25N3OS/c1-4-16-12-6-5-11(10(2)3)9-13(12)20-15-17-8-7-14(19)18-15/h7-8,10-13,16H,4-6,9H2,1-3H3,(H,17,18,19). The van der Waals surface area contributed by atoms with Crippen LogP contribution in [0.25, 0.3) is 0 Å². The minimum Gasteiger partial charge on any atom is -0.313 e. The summed E-state index contributed by atoms with van der Waals surface area (Å²) < 4.78 is 0. The number of aromatic amines is 1. The van der Waals surface area contributed by atoms with Crippen molar-refractivity contribution in [3.8, 4) is 0 Å². The lowest BCUT2D eigenvalue weighted by atomic mass is 9.79. The Morgan fingerprint density at radius 2 is 2.30 bits per heavy atom. The van der Waals surface area contributed by atoms with E-state index in [9.17, 15) is 4.79 Å². The van der Waals surface area contributed by atoms with Gasteiger partial charge in [-0.2, -0.15) is 0 Å². The number of thioether (sulfide) groups is 1. The minimum absolute atomic E-state index is 0.0706. The van der Waals surface area contributed by atoms with Crippen molar-refractivity contribution in [3.05, 3.63) is 22.6 Å². The van der Waals surface area contributed by atoms with Gasteiger partial charge in [0, 0.05) is 23.6 Å². The molecule has 0 spiro atoms. The predicted octanol–water partition coefficient (Wildman–Crippen LogP) is 2.66. The van der Waals surface area contributed by atoms with Crippen LogP contribution in [-0.2, 0) is 0 Å². The van der Waals surface area contributed by atoms with E-state index < -0.39 is 0 Å². The summed E-state index contributed by atoms with van der Waals surface area (Å²) >= 11 is 1.72. The van der Waals surface area contributed by atoms with Gasteiger partial charge in [-0.25, -0.2) is 4.98 Å². The van der Waals surface area contributed by atoms with Crippen LogP contribution in [0.4, 0.5) is 0 Å². The number of hydrogen-bond donors (Lipinski definition) is 2. The van der Waals surface area contributed by atoms with Crippen LogP contribution >= 0.6 is 11.8 Å². The first kappa shape index (κ1) is 15.6. The maximum atomic E-state index is 11.4. The average Bonchev–Trinajstić information content (AvgIpc) is 2.41. The molecule has 1 fully saturated rings. The Bertz CT molecular complexity index is 474. The second kappa shape index (κ2) is 7.27. The summed E-state index contributed by atoms with van der Waals surface area (Å²) in [5.41, 5.74) is -0.0706.